The molecule has 1 saturated heterocycles. The lowest BCUT2D eigenvalue weighted by atomic mass is 10.2. The Bertz CT molecular complexity index is 392. The second-order valence-electron chi connectivity index (χ2n) is 4.08. The summed E-state index contributed by atoms with van der Waals surface area (Å²) in [6, 6.07) is 5.02. The van der Waals surface area contributed by atoms with Gasteiger partial charge in [-0.15, -0.1) is 0 Å². The third-order valence-corrected chi connectivity index (χ3v) is 4.15. The van der Waals surface area contributed by atoms with Crippen LogP contribution in [0, 0.1) is 0 Å². The molecule has 17 heavy (non-hydrogen) atoms. The molecule has 0 spiro atoms. The molecule has 92 valence electrons. The van der Waals surface area contributed by atoms with Gasteiger partial charge in [0, 0.05) is 11.8 Å². The van der Waals surface area contributed by atoms with Crippen LogP contribution in [-0.2, 0) is 0 Å². The van der Waals surface area contributed by atoms with Crippen molar-refractivity contribution in [2.45, 2.75) is 24.5 Å². The molecule has 0 saturated carbocycles. The SMILES string of the molecule is O=C(O)c1cccc(NCC2CCCCS2)n1. The first-order valence-corrected chi connectivity index (χ1v) is 6.86. The van der Waals surface area contributed by atoms with Gasteiger partial charge in [-0.25, -0.2) is 9.78 Å². The van der Waals surface area contributed by atoms with E-state index in [-0.39, 0.29) is 5.69 Å². The van der Waals surface area contributed by atoms with Crippen molar-refractivity contribution < 1.29 is 9.90 Å². The molecule has 1 aromatic rings. The first-order chi connectivity index (χ1) is 8.25. The largest absolute Gasteiger partial charge is 0.477 e. The number of carboxylic acid groups (broad SMARTS) is 1. The molecule has 0 amide bonds. The predicted octanol–water partition coefficient (Wildman–Crippen LogP) is 2.48. The Hall–Kier alpha value is -1.23. The number of hydrogen-bond acceptors (Lipinski definition) is 4. The van der Waals surface area contributed by atoms with E-state index in [1.807, 2.05) is 11.8 Å². The molecule has 0 bridgehead atoms. The van der Waals surface area contributed by atoms with Crippen LogP contribution in [0.1, 0.15) is 29.8 Å². The zero-order valence-electron chi connectivity index (χ0n) is 9.56. The lowest BCUT2D eigenvalue weighted by molar-refractivity contribution is 0.0690. The monoisotopic (exact) mass is 252 g/mol. The summed E-state index contributed by atoms with van der Waals surface area (Å²) in [4.78, 5) is 14.8. The Labute approximate surface area is 105 Å². The van der Waals surface area contributed by atoms with Gasteiger partial charge in [-0.1, -0.05) is 12.5 Å². The molecule has 1 aromatic heterocycles. The summed E-state index contributed by atoms with van der Waals surface area (Å²) in [6.07, 6.45) is 3.84. The molecule has 2 rings (SSSR count). The number of nitrogens with one attached hydrogen (secondary N) is 1. The lowest BCUT2D eigenvalue weighted by Gasteiger charge is -2.21. The molecular weight excluding hydrogens is 236 g/mol. The van der Waals surface area contributed by atoms with Gasteiger partial charge in [-0.3, -0.25) is 0 Å². The van der Waals surface area contributed by atoms with E-state index in [4.69, 9.17) is 5.11 Å². The molecule has 2 heterocycles. The first-order valence-electron chi connectivity index (χ1n) is 5.81. The van der Waals surface area contributed by atoms with Gasteiger partial charge in [0.2, 0.25) is 0 Å². The van der Waals surface area contributed by atoms with Crippen LogP contribution < -0.4 is 5.32 Å². The second kappa shape index (κ2) is 5.91. The fourth-order valence-corrected chi connectivity index (χ4v) is 3.08. The second-order valence-corrected chi connectivity index (χ2v) is 5.49. The fraction of sp³-hybridized carbons (Fsp3) is 0.500. The van der Waals surface area contributed by atoms with Gasteiger partial charge in [-0.2, -0.15) is 11.8 Å². The first kappa shape index (κ1) is 12.2. The van der Waals surface area contributed by atoms with Gasteiger partial charge in [0.05, 0.1) is 0 Å². The number of hydrogen-bond donors (Lipinski definition) is 2. The molecule has 0 radical (unpaired) electrons. The summed E-state index contributed by atoms with van der Waals surface area (Å²) in [5, 5.41) is 12.7. The van der Waals surface area contributed by atoms with Crippen molar-refractivity contribution in [1.82, 2.24) is 4.98 Å². The number of thioether (sulfide) groups is 1. The number of carboxylic acids is 1. The van der Waals surface area contributed by atoms with E-state index in [1.54, 1.807) is 12.1 Å². The zero-order valence-corrected chi connectivity index (χ0v) is 10.4. The van der Waals surface area contributed by atoms with Gasteiger partial charge < -0.3 is 10.4 Å². The van der Waals surface area contributed by atoms with Crippen LogP contribution in [0.15, 0.2) is 18.2 Å². The Morgan fingerprint density at radius 1 is 1.53 bits per heavy atom. The number of carbonyl (C=O) groups is 1. The van der Waals surface area contributed by atoms with E-state index in [0.29, 0.717) is 11.1 Å². The fourth-order valence-electron chi connectivity index (χ4n) is 1.84. The average Bonchev–Trinajstić information content (AvgIpc) is 2.38. The smallest absolute Gasteiger partial charge is 0.354 e. The minimum atomic E-state index is -0.985. The number of anilines is 1. The molecular formula is C12H16N2O2S. The Morgan fingerprint density at radius 2 is 2.41 bits per heavy atom. The maximum atomic E-state index is 10.8. The van der Waals surface area contributed by atoms with Gasteiger partial charge in [0.15, 0.2) is 5.69 Å². The molecule has 1 unspecified atom stereocenters. The standard InChI is InChI=1S/C12H16N2O2S/c15-12(16)10-5-3-6-11(14-10)13-8-9-4-1-2-7-17-9/h3,5-6,9H,1-2,4,7-8H2,(H,13,14)(H,15,16). The van der Waals surface area contributed by atoms with Crippen LogP contribution in [0.2, 0.25) is 0 Å². The van der Waals surface area contributed by atoms with Crippen molar-refractivity contribution in [1.29, 1.82) is 0 Å². The third kappa shape index (κ3) is 3.63. The van der Waals surface area contributed by atoms with E-state index in [1.165, 1.54) is 31.1 Å². The molecule has 5 heteroatoms. The molecule has 4 nitrogen and oxygen atoms in total. The minimum absolute atomic E-state index is 0.0892. The van der Waals surface area contributed by atoms with Crippen molar-refractivity contribution in [3.8, 4) is 0 Å². The van der Waals surface area contributed by atoms with Gasteiger partial charge in [0.25, 0.3) is 0 Å². The Balaban J connectivity index is 1.89. The van der Waals surface area contributed by atoms with E-state index >= 15 is 0 Å². The van der Waals surface area contributed by atoms with Crippen LogP contribution in [0.4, 0.5) is 5.82 Å². The van der Waals surface area contributed by atoms with E-state index in [2.05, 4.69) is 10.3 Å². The number of aromatic nitrogens is 1. The molecule has 0 aliphatic carbocycles. The summed E-state index contributed by atoms with van der Waals surface area (Å²) in [6.45, 7) is 0.862. The topological polar surface area (TPSA) is 62.2 Å². The Morgan fingerprint density at radius 3 is 3.12 bits per heavy atom. The maximum absolute atomic E-state index is 10.8. The number of pyridine rings is 1. The molecule has 0 aromatic carbocycles. The van der Waals surface area contributed by atoms with Crippen molar-refractivity contribution in [2.24, 2.45) is 0 Å². The summed E-state index contributed by atoms with van der Waals surface area (Å²) < 4.78 is 0. The molecule has 2 N–H and O–H groups in total. The highest BCUT2D eigenvalue weighted by Gasteiger charge is 2.13. The number of aromatic carboxylic acids is 1. The summed E-state index contributed by atoms with van der Waals surface area (Å²) in [7, 11) is 0. The average molecular weight is 252 g/mol. The highest BCUT2D eigenvalue weighted by Crippen LogP contribution is 2.25. The highest BCUT2D eigenvalue weighted by atomic mass is 32.2. The van der Waals surface area contributed by atoms with Gasteiger partial charge in [-0.05, 0) is 30.7 Å². The predicted molar refractivity (Wildman–Crippen MR) is 69.8 cm³/mol. The Kier molecular flexibility index (Phi) is 4.25. The number of nitrogens with zero attached hydrogens (tertiary/aromatic N) is 1. The van der Waals surface area contributed by atoms with Crippen molar-refractivity contribution in [3.05, 3.63) is 23.9 Å². The summed E-state index contributed by atoms with van der Waals surface area (Å²) in [5.41, 5.74) is 0.0892. The van der Waals surface area contributed by atoms with E-state index in [9.17, 15) is 4.79 Å². The van der Waals surface area contributed by atoms with E-state index < -0.39 is 5.97 Å². The third-order valence-electron chi connectivity index (χ3n) is 2.75. The van der Waals surface area contributed by atoms with Crippen molar-refractivity contribution >= 4 is 23.5 Å². The van der Waals surface area contributed by atoms with Crippen LogP contribution in [0.25, 0.3) is 0 Å². The molecule has 1 aliphatic heterocycles. The van der Waals surface area contributed by atoms with E-state index in [0.717, 1.165) is 6.54 Å². The van der Waals surface area contributed by atoms with Crippen LogP contribution >= 0.6 is 11.8 Å². The van der Waals surface area contributed by atoms with Crippen molar-refractivity contribution in [2.75, 3.05) is 17.6 Å². The highest BCUT2D eigenvalue weighted by molar-refractivity contribution is 7.99. The van der Waals surface area contributed by atoms with Gasteiger partial charge in [0.1, 0.15) is 5.82 Å². The summed E-state index contributed by atoms with van der Waals surface area (Å²) in [5.74, 6) is 0.895. The van der Waals surface area contributed by atoms with Crippen molar-refractivity contribution in [3.63, 3.8) is 0 Å². The quantitative estimate of drug-likeness (QED) is 0.862. The molecule has 1 atom stereocenters. The number of rotatable bonds is 4. The van der Waals surface area contributed by atoms with Gasteiger partial charge >= 0.3 is 5.97 Å². The molecule has 1 fully saturated rings. The lowest BCUT2D eigenvalue weighted by Crippen LogP contribution is -2.20. The zero-order chi connectivity index (χ0) is 12.1. The summed E-state index contributed by atoms with van der Waals surface area (Å²) >= 11 is 1.99. The maximum Gasteiger partial charge on any atom is 0.354 e. The molecule has 1 aliphatic rings. The van der Waals surface area contributed by atoms with Crippen LogP contribution in [0.5, 0.6) is 0 Å². The minimum Gasteiger partial charge on any atom is -0.477 e. The van der Waals surface area contributed by atoms with Crippen LogP contribution in [-0.4, -0.2) is 33.6 Å². The normalized spacial score (nSPS) is 19.9. The van der Waals surface area contributed by atoms with Crippen LogP contribution in [0.3, 0.4) is 0 Å².